The van der Waals surface area contributed by atoms with Crippen LogP contribution in [0.3, 0.4) is 0 Å². The van der Waals surface area contributed by atoms with Crippen molar-refractivity contribution in [3.63, 3.8) is 0 Å². The molecule has 4 atom stereocenters. The van der Waals surface area contributed by atoms with Gasteiger partial charge in [-0.1, -0.05) is 24.3 Å². The van der Waals surface area contributed by atoms with E-state index in [0.717, 1.165) is 6.42 Å². The number of nitrogens with one attached hydrogen (secondary N) is 1. The number of benzene rings is 1. The van der Waals surface area contributed by atoms with Crippen molar-refractivity contribution in [3.05, 3.63) is 47.0 Å². The van der Waals surface area contributed by atoms with Gasteiger partial charge in [0.25, 0.3) is 0 Å². The zero-order valence-electron chi connectivity index (χ0n) is 17.3. The Bertz CT molecular complexity index is 890. The van der Waals surface area contributed by atoms with Gasteiger partial charge in [-0.3, -0.25) is 9.59 Å². The highest BCUT2D eigenvalue weighted by Gasteiger charge is 2.54. The Morgan fingerprint density at radius 1 is 1.19 bits per heavy atom. The maximum atomic E-state index is 13.2. The van der Waals surface area contributed by atoms with Crippen LogP contribution in [0.25, 0.3) is 0 Å². The molecule has 2 aliphatic heterocycles. The fourth-order valence-electron chi connectivity index (χ4n) is 5.33. The first kappa shape index (κ1) is 20.6. The molecule has 1 aromatic carbocycles. The first-order valence-corrected chi connectivity index (χ1v) is 11.0. The standard InChI is InChI=1S/C23H28N2O6/c26-9-7-24-21(28)17-6-3-8-25(17)22(29)16-10-18(27)20-19(11-16)30-23(31-20)12-14-4-1-2-5-15(14)13-23/h1-2,4-5,11,17-20,26-27H,3,6-10,12-13H2,(H,24,28). The number of rotatable bonds is 4. The van der Waals surface area contributed by atoms with Crippen LogP contribution in [0.4, 0.5) is 0 Å². The van der Waals surface area contributed by atoms with Crippen molar-refractivity contribution < 1.29 is 29.3 Å². The number of aliphatic hydroxyl groups excluding tert-OH is 2. The molecule has 3 N–H and O–H groups in total. The molecular formula is C23H28N2O6. The molecule has 31 heavy (non-hydrogen) atoms. The second-order valence-corrected chi connectivity index (χ2v) is 8.83. The lowest BCUT2D eigenvalue weighted by molar-refractivity contribution is -0.171. The molecule has 0 radical (unpaired) electrons. The average Bonchev–Trinajstić information content (AvgIpc) is 3.47. The zero-order chi connectivity index (χ0) is 21.6. The number of likely N-dealkylation sites (tertiary alicyclic amines) is 1. The molecule has 166 valence electrons. The average molecular weight is 428 g/mol. The van der Waals surface area contributed by atoms with Gasteiger partial charge in [0.15, 0.2) is 5.79 Å². The Labute approximate surface area is 180 Å². The molecule has 1 aromatic rings. The van der Waals surface area contributed by atoms with Crippen molar-refractivity contribution in [3.8, 4) is 0 Å². The van der Waals surface area contributed by atoms with Gasteiger partial charge in [0.05, 0.1) is 12.7 Å². The van der Waals surface area contributed by atoms with Gasteiger partial charge < -0.3 is 29.9 Å². The third-order valence-corrected chi connectivity index (χ3v) is 6.74. The molecular weight excluding hydrogens is 400 g/mol. The first-order chi connectivity index (χ1) is 15.0. The van der Waals surface area contributed by atoms with Gasteiger partial charge in [-0.2, -0.15) is 0 Å². The van der Waals surface area contributed by atoms with E-state index in [9.17, 15) is 14.7 Å². The molecule has 0 saturated carbocycles. The second-order valence-electron chi connectivity index (χ2n) is 8.83. The number of carbonyl (C=O) groups excluding carboxylic acids is 2. The van der Waals surface area contributed by atoms with Crippen molar-refractivity contribution in [2.24, 2.45) is 0 Å². The van der Waals surface area contributed by atoms with Crippen molar-refractivity contribution in [1.29, 1.82) is 0 Å². The van der Waals surface area contributed by atoms with E-state index in [2.05, 4.69) is 17.4 Å². The van der Waals surface area contributed by atoms with Gasteiger partial charge >= 0.3 is 0 Å². The smallest absolute Gasteiger partial charge is 0.250 e. The molecule has 2 heterocycles. The van der Waals surface area contributed by atoms with E-state index in [1.807, 2.05) is 12.1 Å². The van der Waals surface area contributed by atoms with Gasteiger partial charge in [-0.15, -0.1) is 0 Å². The topological polar surface area (TPSA) is 108 Å². The minimum atomic E-state index is -0.846. The fourth-order valence-corrected chi connectivity index (χ4v) is 5.33. The minimum absolute atomic E-state index is 0.143. The van der Waals surface area contributed by atoms with Crippen molar-refractivity contribution >= 4 is 11.8 Å². The van der Waals surface area contributed by atoms with E-state index >= 15 is 0 Å². The van der Waals surface area contributed by atoms with E-state index in [4.69, 9.17) is 14.6 Å². The monoisotopic (exact) mass is 428 g/mol. The van der Waals surface area contributed by atoms with E-state index in [-0.39, 0.29) is 31.4 Å². The summed E-state index contributed by atoms with van der Waals surface area (Å²) in [5, 5.41) is 22.4. The number of nitrogens with zero attached hydrogens (tertiary/aromatic N) is 1. The number of carbonyl (C=O) groups is 2. The summed E-state index contributed by atoms with van der Waals surface area (Å²) in [5.41, 5.74) is 2.83. The van der Waals surface area contributed by atoms with Crippen LogP contribution in [0.15, 0.2) is 35.9 Å². The highest BCUT2D eigenvalue weighted by molar-refractivity contribution is 5.97. The first-order valence-electron chi connectivity index (χ1n) is 11.0. The number of aliphatic hydroxyl groups is 2. The van der Waals surface area contributed by atoms with Gasteiger partial charge in [0.1, 0.15) is 18.2 Å². The maximum absolute atomic E-state index is 13.2. The predicted molar refractivity (Wildman–Crippen MR) is 110 cm³/mol. The van der Waals surface area contributed by atoms with Crippen LogP contribution in [0.5, 0.6) is 0 Å². The number of hydrogen-bond acceptors (Lipinski definition) is 6. The second kappa shape index (κ2) is 8.02. The number of fused-ring (bicyclic) bond motifs is 2. The van der Waals surface area contributed by atoms with Crippen LogP contribution in [0, 0.1) is 0 Å². The Kier molecular flexibility index (Phi) is 5.34. The predicted octanol–water partition coefficient (Wildman–Crippen LogP) is 0.0560. The highest BCUT2D eigenvalue weighted by atomic mass is 16.8. The molecule has 4 aliphatic rings. The maximum Gasteiger partial charge on any atom is 0.250 e. The van der Waals surface area contributed by atoms with E-state index in [0.29, 0.717) is 31.4 Å². The Balaban J connectivity index is 1.32. The van der Waals surface area contributed by atoms with Crippen molar-refractivity contribution in [2.45, 2.75) is 62.2 Å². The van der Waals surface area contributed by atoms with Crippen LogP contribution in [0.1, 0.15) is 30.4 Å². The molecule has 0 aromatic heterocycles. The van der Waals surface area contributed by atoms with Crippen LogP contribution in [-0.2, 0) is 31.9 Å². The summed E-state index contributed by atoms with van der Waals surface area (Å²) in [5.74, 6) is -1.29. The van der Waals surface area contributed by atoms with Gasteiger partial charge in [0.2, 0.25) is 11.8 Å². The lowest BCUT2D eigenvalue weighted by Crippen LogP contribution is -2.48. The largest absolute Gasteiger partial charge is 0.395 e. The SMILES string of the molecule is O=C(NCCO)C1CCCN1C(=O)C1=CC2OC3(Cc4ccccc4C3)OC2C(O)C1. The normalized spacial score (nSPS) is 30.8. The fraction of sp³-hybridized carbons (Fsp3) is 0.565. The Morgan fingerprint density at radius 2 is 1.94 bits per heavy atom. The van der Waals surface area contributed by atoms with Crippen LogP contribution in [0.2, 0.25) is 0 Å². The van der Waals surface area contributed by atoms with Crippen molar-refractivity contribution in [1.82, 2.24) is 10.2 Å². The summed E-state index contributed by atoms with van der Waals surface area (Å²) in [6, 6.07) is 7.57. The van der Waals surface area contributed by atoms with Crippen molar-refractivity contribution in [2.75, 3.05) is 19.7 Å². The van der Waals surface area contributed by atoms with Gasteiger partial charge in [-0.05, 0) is 30.0 Å². The highest BCUT2D eigenvalue weighted by Crippen LogP contribution is 2.44. The molecule has 8 heteroatoms. The summed E-state index contributed by atoms with van der Waals surface area (Å²) in [6.07, 6.45) is 2.68. The molecule has 8 nitrogen and oxygen atoms in total. The lowest BCUT2D eigenvalue weighted by atomic mass is 9.91. The molecule has 2 saturated heterocycles. The van der Waals surface area contributed by atoms with Crippen LogP contribution < -0.4 is 5.32 Å². The molecule has 2 aliphatic carbocycles. The van der Waals surface area contributed by atoms with E-state index in [1.54, 1.807) is 11.0 Å². The number of hydrogen-bond donors (Lipinski definition) is 3. The molecule has 0 bridgehead atoms. The van der Waals surface area contributed by atoms with Crippen LogP contribution in [-0.4, -0.2) is 76.8 Å². The third kappa shape index (κ3) is 3.67. The molecule has 2 amide bonds. The molecule has 5 rings (SSSR count). The summed E-state index contributed by atoms with van der Waals surface area (Å²) in [6.45, 7) is 0.516. The minimum Gasteiger partial charge on any atom is -0.395 e. The molecule has 1 spiro atoms. The molecule has 4 unspecified atom stereocenters. The summed E-state index contributed by atoms with van der Waals surface area (Å²) >= 11 is 0. The summed E-state index contributed by atoms with van der Waals surface area (Å²) in [7, 11) is 0. The van der Waals surface area contributed by atoms with E-state index < -0.39 is 30.1 Å². The van der Waals surface area contributed by atoms with E-state index in [1.165, 1.54) is 11.1 Å². The van der Waals surface area contributed by atoms with Crippen LogP contribution >= 0.6 is 0 Å². The Morgan fingerprint density at radius 3 is 2.65 bits per heavy atom. The lowest BCUT2D eigenvalue weighted by Gasteiger charge is -2.30. The number of ether oxygens (including phenoxy) is 2. The zero-order valence-corrected chi connectivity index (χ0v) is 17.3. The Hall–Kier alpha value is -2.26. The third-order valence-electron chi connectivity index (χ3n) is 6.74. The number of amides is 2. The van der Waals surface area contributed by atoms with Gasteiger partial charge in [0, 0.05) is 37.9 Å². The summed E-state index contributed by atoms with van der Waals surface area (Å²) < 4.78 is 12.5. The summed E-state index contributed by atoms with van der Waals surface area (Å²) in [4.78, 5) is 27.2. The quantitative estimate of drug-likeness (QED) is 0.626. The molecule has 2 fully saturated rings. The van der Waals surface area contributed by atoms with Gasteiger partial charge in [-0.25, -0.2) is 0 Å².